The van der Waals surface area contributed by atoms with Crippen molar-refractivity contribution in [3.8, 4) is 5.75 Å². The molecule has 21 heavy (non-hydrogen) atoms. The van der Waals surface area contributed by atoms with Crippen LogP contribution in [-0.2, 0) is 0 Å². The highest BCUT2D eigenvalue weighted by Gasteiger charge is 2.12. The number of ether oxygens (including phenoxy) is 1. The molecule has 0 saturated heterocycles. The van der Waals surface area contributed by atoms with E-state index in [0.29, 0.717) is 10.6 Å². The number of thioether (sulfide) groups is 1. The zero-order valence-corrected chi connectivity index (χ0v) is 12.7. The highest BCUT2D eigenvalue weighted by Crippen LogP contribution is 2.28. The lowest BCUT2D eigenvalue weighted by molar-refractivity contribution is 0.413. The number of hydrogen-bond acceptors (Lipinski definition) is 3. The van der Waals surface area contributed by atoms with Crippen LogP contribution in [0.3, 0.4) is 0 Å². The first-order valence-corrected chi connectivity index (χ1v) is 7.51. The highest BCUT2D eigenvalue weighted by atomic mass is 32.2. The van der Waals surface area contributed by atoms with Crippen molar-refractivity contribution in [2.45, 2.75) is 10.9 Å². The van der Waals surface area contributed by atoms with Crippen molar-refractivity contribution >= 4 is 11.8 Å². The van der Waals surface area contributed by atoms with Gasteiger partial charge in [-0.25, -0.2) is 8.78 Å². The summed E-state index contributed by atoms with van der Waals surface area (Å²) in [4.78, 5) is 0.444. The van der Waals surface area contributed by atoms with Crippen molar-refractivity contribution < 1.29 is 13.5 Å². The summed E-state index contributed by atoms with van der Waals surface area (Å²) in [6.07, 6.45) is 0. The van der Waals surface area contributed by atoms with Crippen molar-refractivity contribution in [2.24, 2.45) is 0 Å². The molecule has 0 aromatic heterocycles. The summed E-state index contributed by atoms with van der Waals surface area (Å²) in [7, 11) is 3.47. The van der Waals surface area contributed by atoms with E-state index in [0.717, 1.165) is 17.4 Å². The Hall–Kier alpha value is -1.59. The van der Waals surface area contributed by atoms with Gasteiger partial charge in [0.15, 0.2) is 0 Å². The Balaban J connectivity index is 2.08. The number of nitrogens with one attached hydrogen (secondary N) is 1. The van der Waals surface area contributed by atoms with Crippen LogP contribution in [0.4, 0.5) is 8.78 Å². The quantitative estimate of drug-likeness (QED) is 0.814. The van der Waals surface area contributed by atoms with E-state index in [1.807, 2.05) is 31.3 Å². The lowest BCUT2D eigenvalue weighted by Gasteiger charge is -2.17. The summed E-state index contributed by atoms with van der Waals surface area (Å²) in [5.41, 5.74) is 1.06. The highest BCUT2D eigenvalue weighted by molar-refractivity contribution is 7.99. The number of hydrogen-bond donors (Lipinski definition) is 1. The van der Waals surface area contributed by atoms with Gasteiger partial charge in [-0.2, -0.15) is 0 Å². The number of methoxy groups -OCH3 is 1. The second-order valence-corrected chi connectivity index (χ2v) is 5.57. The Morgan fingerprint density at radius 3 is 2.67 bits per heavy atom. The van der Waals surface area contributed by atoms with E-state index in [4.69, 9.17) is 4.74 Å². The first kappa shape index (κ1) is 15.8. The first-order valence-electron chi connectivity index (χ1n) is 6.53. The van der Waals surface area contributed by atoms with Gasteiger partial charge in [-0.15, -0.1) is 11.8 Å². The standard InChI is InChI=1S/C16H17F2NOS/c1-19-15(11-4-3-5-13(8-11)20-2)10-21-16-7-6-12(17)9-14(16)18/h3-9,15,19H,10H2,1-2H3. The average molecular weight is 309 g/mol. The Morgan fingerprint density at radius 2 is 2.00 bits per heavy atom. The van der Waals surface area contributed by atoms with Crippen LogP contribution in [0.2, 0.25) is 0 Å². The average Bonchev–Trinajstić information content (AvgIpc) is 2.50. The Labute approximate surface area is 127 Å². The lowest BCUT2D eigenvalue weighted by Crippen LogP contribution is -2.18. The molecule has 0 aliphatic rings. The van der Waals surface area contributed by atoms with Gasteiger partial charge in [-0.3, -0.25) is 0 Å². The second-order valence-electron chi connectivity index (χ2n) is 4.50. The van der Waals surface area contributed by atoms with Crippen LogP contribution >= 0.6 is 11.8 Å². The summed E-state index contributed by atoms with van der Waals surface area (Å²) < 4.78 is 31.7. The summed E-state index contributed by atoms with van der Waals surface area (Å²) in [6.45, 7) is 0. The molecule has 2 aromatic rings. The topological polar surface area (TPSA) is 21.3 Å². The van der Waals surface area contributed by atoms with Crippen molar-refractivity contribution in [3.63, 3.8) is 0 Å². The molecule has 112 valence electrons. The molecule has 0 aliphatic heterocycles. The zero-order valence-electron chi connectivity index (χ0n) is 11.9. The van der Waals surface area contributed by atoms with Crippen LogP contribution in [0.5, 0.6) is 5.75 Å². The van der Waals surface area contributed by atoms with E-state index in [-0.39, 0.29) is 6.04 Å². The fourth-order valence-electron chi connectivity index (χ4n) is 1.97. The molecule has 0 heterocycles. The van der Waals surface area contributed by atoms with Crippen LogP contribution in [0.1, 0.15) is 11.6 Å². The predicted octanol–water partition coefficient (Wildman–Crippen LogP) is 4.03. The van der Waals surface area contributed by atoms with Crippen molar-refractivity contribution in [1.82, 2.24) is 5.32 Å². The Kier molecular flexibility index (Phi) is 5.59. The largest absolute Gasteiger partial charge is 0.497 e. The van der Waals surface area contributed by atoms with Crippen LogP contribution in [0, 0.1) is 11.6 Å². The minimum atomic E-state index is -0.560. The molecule has 2 aromatic carbocycles. The van der Waals surface area contributed by atoms with Crippen LogP contribution in [0.25, 0.3) is 0 Å². The van der Waals surface area contributed by atoms with E-state index >= 15 is 0 Å². The maximum atomic E-state index is 13.6. The molecule has 1 N–H and O–H groups in total. The van der Waals surface area contributed by atoms with Gasteiger partial charge in [0.1, 0.15) is 17.4 Å². The summed E-state index contributed by atoms with van der Waals surface area (Å²) in [5.74, 6) is 0.327. The van der Waals surface area contributed by atoms with E-state index in [9.17, 15) is 8.78 Å². The van der Waals surface area contributed by atoms with Gasteiger partial charge < -0.3 is 10.1 Å². The van der Waals surface area contributed by atoms with E-state index in [1.54, 1.807) is 7.11 Å². The maximum Gasteiger partial charge on any atom is 0.139 e. The van der Waals surface area contributed by atoms with E-state index in [1.165, 1.54) is 23.9 Å². The molecule has 2 rings (SSSR count). The molecule has 5 heteroatoms. The van der Waals surface area contributed by atoms with Crippen molar-refractivity contribution in [3.05, 3.63) is 59.7 Å². The molecule has 0 amide bonds. The van der Waals surface area contributed by atoms with Crippen molar-refractivity contribution in [2.75, 3.05) is 19.9 Å². The predicted molar refractivity (Wildman–Crippen MR) is 81.9 cm³/mol. The third-order valence-electron chi connectivity index (χ3n) is 3.14. The Morgan fingerprint density at radius 1 is 1.19 bits per heavy atom. The lowest BCUT2D eigenvalue weighted by atomic mass is 10.1. The molecule has 0 fully saturated rings. The SMILES string of the molecule is CNC(CSc1ccc(F)cc1F)c1cccc(OC)c1. The van der Waals surface area contributed by atoms with Crippen molar-refractivity contribution in [1.29, 1.82) is 0 Å². The van der Waals surface area contributed by atoms with E-state index in [2.05, 4.69) is 5.32 Å². The minimum absolute atomic E-state index is 0.0505. The zero-order chi connectivity index (χ0) is 15.2. The van der Waals surface area contributed by atoms with Crippen LogP contribution in [-0.4, -0.2) is 19.9 Å². The summed E-state index contributed by atoms with van der Waals surface area (Å²) in [5, 5.41) is 3.20. The summed E-state index contributed by atoms with van der Waals surface area (Å²) >= 11 is 1.35. The number of halogens is 2. The van der Waals surface area contributed by atoms with Gasteiger partial charge >= 0.3 is 0 Å². The maximum absolute atomic E-state index is 13.6. The van der Waals surface area contributed by atoms with Gasteiger partial charge in [0.2, 0.25) is 0 Å². The third kappa shape index (κ3) is 4.19. The number of rotatable bonds is 6. The molecular formula is C16H17F2NOS. The molecule has 0 bridgehead atoms. The fraction of sp³-hybridized carbons (Fsp3) is 0.250. The third-order valence-corrected chi connectivity index (χ3v) is 4.29. The van der Waals surface area contributed by atoms with Gasteiger partial charge in [-0.05, 0) is 36.9 Å². The molecule has 0 saturated carbocycles. The monoisotopic (exact) mass is 309 g/mol. The van der Waals surface area contributed by atoms with Gasteiger partial charge in [0.05, 0.1) is 7.11 Å². The van der Waals surface area contributed by atoms with E-state index < -0.39 is 11.6 Å². The van der Waals surface area contributed by atoms with Gasteiger partial charge in [-0.1, -0.05) is 12.1 Å². The first-order chi connectivity index (χ1) is 10.1. The van der Waals surface area contributed by atoms with Crippen LogP contribution in [0.15, 0.2) is 47.4 Å². The molecule has 1 unspecified atom stereocenters. The number of benzene rings is 2. The molecule has 0 spiro atoms. The smallest absolute Gasteiger partial charge is 0.139 e. The molecule has 0 aliphatic carbocycles. The molecular weight excluding hydrogens is 292 g/mol. The van der Waals surface area contributed by atoms with Gasteiger partial charge in [0.25, 0.3) is 0 Å². The molecule has 1 atom stereocenters. The minimum Gasteiger partial charge on any atom is -0.497 e. The fourth-order valence-corrected chi connectivity index (χ4v) is 3.04. The summed E-state index contributed by atoms with van der Waals surface area (Å²) in [6, 6.07) is 11.4. The normalized spacial score (nSPS) is 12.2. The molecule has 0 radical (unpaired) electrons. The van der Waals surface area contributed by atoms with Crippen LogP contribution < -0.4 is 10.1 Å². The molecule has 2 nitrogen and oxygen atoms in total. The second kappa shape index (κ2) is 7.43. The Bertz CT molecular complexity index is 607. The van der Waals surface area contributed by atoms with Gasteiger partial charge in [0, 0.05) is 22.8 Å².